The molecule has 1 heterocycles. The van der Waals surface area contributed by atoms with Crippen LogP contribution in [0.25, 0.3) is 0 Å². The molecule has 5 nitrogen and oxygen atoms in total. The van der Waals surface area contributed by atoms with E-state index in [0.717, 1.165) is 13.1 Å². The fraction of sp³-hybridized carbons (Fsp3) is 1.00. The van der Waals surface area contributed by atoms with Crippen molar-refractivity contribution in [3.05, 3.63) is 0 Å². The van der Waals surface area contributed by atoms with Crippen molar-refractivity contribution >= 4 is 10.0 Å². The van der Waals surface area contributed by atoms with Crippen LogP contribution in [0.1, 0.15) is 26.7 Å². The lowest BCUT2D eigenvalue weighted by molar-refractivity contribution is 0.214. The van der Waals surface area contributed by atoms with Gasteiger partial charge in [0.1, 0.15) is 0 Å². The van der Waals surface area contributed by atoms with Gasteiger partial charge in [0.25, 0.3) is 0 Å². The van der Waals surface area contributed by atoms with E-state index in [4.69, 9.17) is 5.14 Å². The molecule has 0 aromatic heterocycles. The molecule has 0 aliphatic carbocycles. The third kappa shape index (κ3) is 5.25. The van der Waals surface area contributed by atoms with Crippen LogP contribution in [0.5, 0.6) is 0 Å². The number of rotatable bonds is 6. The first-order valence-corrected chi connectivity index (χ1v) is 7.58. The molecule has 1 rings (SSSR count). The lowest BCUT2D eigenvalue weighted by Gasteiger charge is -2.28. The van der Waals surface area contributed by atoms with Gasteiger partial charge in [-0.05, 0) is 33.2 Å². The lowest BCUT2D eigenvalue weighted by Crippen LogP contribution is -2.43. The van der Waals surface area contributed by atoms with Crippen LogP contribution in [0.3, 0.4) is 0 Å². The second-order valence-corrected chi connectivity index (χ2v) is 6.48. The summed E-state index contributed by atoms with van der Waals surface area (Å²) in [7, 11) is -3.35. The van der Waals surface area contributed by atoms with Crippen LogP contribution >= 0.6 is 0 Å². The van der Waals surface area contributed by atoms with Crippen molar-refractivity contribution in [3.8, 4) is 0 Å². The zero-order valence-corrected chi connectivity index (χ0v) is 11.0. The average molecular weight is 249 g/mol. The number of sulfonamides is 1. The topological polar surface area (TPSA) is 75.4 Å². The van der Waals surface area contributed by atoms with E-state index < -0.39 is 10.0 Å². The van der Waals surface area contributed by atoms with Crippen LogP contribution in [0.4, 0.5) is 0 Å². The summed E-state index contributed by atoms with van der Waals surface area (Å²) in [6, 6.07) is 0.854. The van der Waals surface area contributed by atoms with E-state index in [1.165, 1.54) is 12.8 Å². The van der Waals surface area contributed by atoms with Crippen LogP contribution in [0, 0.1) is 0 Å². The molecule has 3 N–H and O–H groups in total. The zero-order chi connectivity index (χ0) is 12.2. The minimum Gasteiger partial charge on any atom is -0.313 e. The normalized spacial score (nSPS) is 22.2. The van der Waals surface area contributed by atoms with Gasteiger partial charge in [-0.15, -0.1) is 0 Å². The molecular formula is C10H23N3O2S. The summed E-state index contributed by atoms with van der Waals surface area (Å²) in [6.45, 7) is 6.67. The van der Waals surface area contributed by atoms with Crippen LogP contribution in [-0.4, -0.2) is 50.8 Å². The van der Waals surface area contributed by atoms with Crippen LogP contribution in [0.2, 0.25) is 0 Å². The number of hydrogen-bond acceptors (Lipinski definition) is 4. The van der Waals surface area contributed by atoms with Crippen molar-refractivity contribution in [2.75, 3.05) is 25.4 Å². The molecule has 0 radical (unpaired) electrons. The maximum atomic E-state index is 10.9. The van der Waals surface area contributed by atoms with E-state index in [-0.39, 0.29) is 5.75 Å². The van der Waals surface area contributed by atoms with Gasteiger partial charge in [-0.1, -0.05) is 0 Å². The van der Waals surface area contributed by atoms with Gasteiger partial charge in [0, 0.05) is 25.2 Å². The molecule has 1 aliphatic heterocycles. The van der Waals surface area contributed by atoms with Gasteiger partial charge in [0.15, 0.2) is 0 Å². The maximum absolute atomic E-state index is 10.9. The Hall–Kier alpha value is -0.170. The van der Waals surface area contributed by atoms with Gasteiger partial charge in [-0.25, -0.2) is 13.6 Å². The van der Waals surface area contributed by atoms with E-state index in [1.54, 1.807) is 0 Å². The fourth-order valence-electron chi connectivity index (χ4n) is 2.00. The Morgan fingerprint density at radius 3 is 2.62 bits per heavy atom. The molecule has 0 aromatic carbocycles. The zero-order valence-electron chi connectivity index (χ0n) is 10.1. The monoisotopic (exact) mass is 249 g/mol. The Morgan fingerprint density at radius 1 is 1.50 bits per heavy atom. The summed E-state index contributed by atoms with van der Waals surface area (Å²) >= 11 is 0. The summed E-state index contributed by atoms with van der Waals surface area (Å²) < 4.78 is 21.9. The van der Waals surface area contributed by atoms with E-state index >= 15 is 0 Å². The van der Waals surface area contributed by atoms with Crippen molar-refractivity contribution in [1.82, 2.24) is 10.2 Å². The predicted molar refractivity (Wildman–Crippen MR) is 65.7 cm³/mol. The van der Waals surface area contributed by atoms with E-state index in [2.05, 4.69) is 24.1 Å². The third-order valence-electron chi connectivity index (χ3n) is 3.01. The molecule has 16 heavy (non-hydrogen) atoms. The quantitative estimate of drug-likeness (QED) is 0.680. The molecule has 6 heteroatoms. The van der Waals surface area contributed by atoms with Gasteiger partial charge in [0.05, 0.1) is 5.75 Å². The summed E-state index contributed by atoms with van der Waals surface area (Å²) in [5.74, 6) is 0.0396. The number of hydrogen-bond donors (Lipinski definition) is 2. The van der Waals surface area contributed by atoms with Gasteiger partial charge in [-0.2, -0.15) is 0 Å². The molecule has 0 saturated carbocycles. The molecule has 0 aromatic rings. The highest BCUT2D eigenvalue weighted by Crippen LogP contribution is 2.09. The van der Waals surface area contributed by atoms with Crippen LogP contribution < -0.4 is 10.5 Å². The predicted octanol–water partition coefficient (Wildman–Crippen LogP) is -0.263. The molecule has 1 saturated heterocycles. The molecule has 0 amide bonds. The average Bonchev–Trinajstić information content (AvgIpc) is 2.62. The van der Waals surface area contributed by atoms with Crippen LogP contribution in [0.15, 0.2) is 0 Å². The van der Waals surface area contributed by atoms with Crippen LogP contribution in [-0.2, 0) is 10.0 Å². The molecular weight excluding hydrogens is 226 g/mol. The summed E-state index contributed by atoms with van der Waals surface area (Å²) in [4.78, 5) is 2.17. The maximum Gasteiger partial charge on any atom is 0.210 e. The molecule has 96 valence electrons. The second-order valence-electron chi connectivity index (χ2n) is 4.75. The fourth-order valence-corrected chi connectivity index (χ4v) is 2.49. The van der Waals surface area contributed by atoms with Gasteiger partial charge >= 0.3 is 0 Å². The molecule has 1 aliphatic rings. The highest BCUT2D eigenvalue weighted by atomic mass is 32.2. The smallest absolute Gasteiger partial charge is 0.210 e. The minimum atomic E-state index is -3.35. The van der Waals surface area contributed by atoms with Crippen molar-refractivity contribution in [2.45, 2.75) is 38.8 Å². The Bertz CT molecular complexity index is 297. The van der Waals surface area contributed by atoms with Gasteiger partial charge in [-0.3, -0.25) is 4.90 Å². The largest absolute Gasteiger partial charge is 0.313 e. The third-order valence-corrected chi connectivity index (χ3v) is 3.76. The lowest BCUT2D eigenvalue weighted by atomic mass is 10.2. The Balaban J connectivity index is 2.41. The SMILES string of the molecule is CC(C)N(CCS(N)(=O)=O)CC1CCCN1. The molecule has 0 spiro atoms. The van der Waals surface area contributed by atoms with Gasteiger partial charge < -0.3 is 5.32 Å². The number of nitrogens with two attached hydrogens (primary N) is 1. The molecule has 1 atom stereocenters. The number of nitrogens with one attached hydrogen (secondary N) is 1. The van der Waals surface area contributed by atoms with Gasteiger partial charge in [0.2, 0.25) is 10.0 Å². The standard InChI is InChI=1S/C10H23N3O2S/c1-9(2)13(6-7-16(11,14)15)8-10-4-3-5-12-10/h9-10,12H,3-8H2,1-2H3,(H2,11,14,15). The first-order chi connectivity index (χ1) is 7.38. The van der Waals surface area contributed by atoms with Crippen molar-refractivity contribution in [3.63, 3.8) is 0 Å². The molecule has 0 bridgehead atoms. The molecule has 1 fully saturated rings. The summed E-state index contributed by atoms with van der Waals surface area (Å²) in [6.07, 6.45) is 2.39. The van der Waals surface area contributed by atoms with E-state index in [1.807, 2.05) is 0 Å². The summed E-state index contributed by atoms with van der Waals surface area (Å²) in [5, 5.41) is 8.44. The minimum absolute atomic E-state index is 0.0396. The first-order valence-electron chi connectivity index (χ1n) is 5.86. The first kappa shape index (κ1) is 13.9. The second kappa shape index (κ2) is 5.95. The highest BCUT2D eigenvalue weighted by Gasteiger charge is 2.20. The van der Waals surface area contributed by atoms with Crippen molar-refractivity contribution < 1.29 is 8.42 Å². The number of nitrogens with zero attached hydrogens (tertiary/aromatic N) is 1. The van der Waals surface area contributed by atoms with E-state index in [9.17, 15) is 8.42 Å². The van der Waals surface area contributed by atoms with Crippen molar-refractivity contribution in [2.24, 2.45) is 5.14 Å². The number of primary sulfonamides is 1. The molecule has 1 unspecified atom stereocenters. The Kier molecular flexibility index (Phi) is 5.17. The highest BCUT2D eigenvalue weighted by molar-refractivity contribution is 7.89. The Labute approximate surface area is 98.4 Å². The summed E-state index contributed by atoms with van der Waals surface area (Å²) in [5.41, 5.74) is 0. The van der Waals surface area contributed by atoms with E-state index in [0.29, 0.717) is 18.6 Å². The Morgan fingerprint density at radius 2 is 2.19 bits per heavy atom. The van der Waals surface area contributed by atoms with Crippen molar-refractivity contribution in [1.29, 1.82) is 0 Å².